The van der Waals surface area contributed by atoms with Crippen molar-refractivity contribution in [2.45, 2.75) is 18.9 Å². The van der Waals surface area contributed by atoms with E-state index in [2.05, 4.69) is 22.9 Å². The van der Waals surface area contributed by atoms with E-state index in [-0.39, 0.29) is 11.7 Å². The molecule has 3 heterocycles. The van der Waals surface area contributed by atoms with E-state index < -0.39 is 12.0 Å². The normalized spacial score (nSPS) is 23.2. The van der Waals surface area contributed by atoms with E-state index in [1.807, 2.05) is 35.2 Å². The lowest BCUT2D eigenvalue weighted by atomic mass is 10.2. The number of pyridine rings is 1. The summed E-state index contributed by atoms with van der Waals surface area (Å²) in [6.45, 7) is 2.07. The monoisotopic (exact) mass is 363 g/mol. The minimum atomic E-state index is -1.12. The Balaban J connectivity index is 1.83. The molecule has 2 atom stereocenters. The van der Waals surface area contributed by atoms with Crippen LogP contribution in [0.2, 0.25) is 0 Å². The van der Waals surface area contributed by atoms with Gasteiger partial charge >= 0.3 is 0 Å². The Morgan fingerprint density at radius 3 is 3.04 bits per heavy atom. The number of anilines is 1. The average Bonchev–Trinajstić information content (AvgIpc) is 3.20. The molecule has 0 spiro atoms. The van der Waals surface area contributed by atoms with Crippen LogP contribution in [0.1, 0.15) is 6.92 Å². The number of carbonyl (C=O) groups excluding carboxylic acids is 2. The van der Waals surface area contributed by atoms with Gasteiger partial charge in [0, 0.05) is 6.20 Å². The summed E-state index contributed by atoms with van der Waals surface area (Å²) < 4.78 is 5.74. The molecule has 1 fully saturated rings. The lowest BCUT2D eigenvalue weighted by Crippen LogP contribution is -2.43. The lowest BCUT2D eigenvalue weighted by molar-refractivity contribution is -0.133. The first-order valence-electron chi connectivity index (χ1n) is 7.39. The molecule has 126 valence electrons. The summed E-state index contributed by atoms with van der Waals surface area (Å²) in [7, 11) is 0. The minimum absolute atomic E-state index is 0.0699. The molecule has 6 nitrogen and oxygen atoms in total. The Morgan fingerprint density at radius 2 is 2.38 bits per heavy atom. The summed E-state index contributed by atoms with van der Waals surface area (Å²) in [5, 5.41) is 3.59. The number of aromatic nitrogens is 1. The number of nitrogens with one attached hydrogen (secondary N) is 1. The molecule has 24 heavy (non-hydrogen) atoms. The van der Waals surface area contributed by atoms with Crippen LogP contribution in [0.5, 0.6) is 0 Å². The van der Waals surface area contributed by atoms with E-state index in [0.717, 1.165) is 21.9 Å². The van der Waals surface area contributed by atoms with Crippen molar-refractivity contribution in [3.05, 3.63) is 36.5 Å². The number of thiophene rings is 1. The van der Waals surface area contributed by atoms with Crippen molar-refractivity contribution in [1.29, 1.82) is 0 Å². The Bertz CT molecular complexity index is 737. The predicted octanol–water partition coefficient (Wildman–Crippen LogP) is 1.93. The van der Waals surface area contributed by atoms with Crippen molar-refractivity contribution in [3.63, 3.8) is 0 Å². The highest BCUT2D eigenvalue weighted by molar-refractivity contribution is 7.81. The number of rotatable bonds is 5. The Morgan fingerprint density at radius 1 is 1.54 bits per heavy atom. The number of hydrogen-bond donors (Lipinski definition) is 2. The topological polar surface area (TPSA) is 71.5 Å². The second-order valence-electron chi connectivity index (χ2n) is 5.47. The van der Waals surface area contributed by atoms with Crippen LogP contribution in [0.15, 0.2) is 36.5 Å². The summed E-state index contributed by atoms with van der Waals surface area (Å²) in [5.41, 5.74) is -0.248. The fourth-order valence-corrected chi connectivity index (χ4v) is 3.74. The molecule has 0 saturated carbocycles. The number of nitrogens with zero attached hydrogens (tertiary/aromatic N) is 2. The van der Waals surface area contributed by atoms with Gasteiger partial charge in [0.1, 0.15) is 0 Å². The highest BCUT2D eigenvalue weighted by atomic mass is 32.1. The van der Waals surface area contributed by atoms with Crippen LogP contribution in [-0.4, -0.2) is 41.4 Å². The van der Waals surface area contributed by atoms with Crippen molar-refractivity contribution in [2.24, 2.45) is 0 Å². The zero-order valence-electron chi connectivity index (χ0n) is 13.0. The van der Waals surface area contributed by atoms with E-state index in [1.165, 1.54) is 11.3 Å². The highest BCUT2D eigenvalue weighted by Crippen LogP contribution is 2.38. The summed E-state index contributed by atoms with van der Waals surface area (Å²) >= 11 is 5.46. The van der Waals surface area contributed by atoms with Gasteiger partial charge in [0.05, 0.1) is 27.9 Å². The number of thiol groups is 1. The quantitative estimate of drug-likeness (QED) is 0.627. The first-order chi connectivity index (χ1) is 11.6. The molecule has 1 aliphatic heterocycles. The molecule has 0 radical (unpaired) electrons. The fraction of sp³-hybridized carbons (Fsp3) is 0.312. The summed E-state index contributed by atoms with van der Waals surface area (Å²) in [4.78, 5) is 30.3. The van der Waals surface area contributed by atoms with Crippen molar-refractivity contribution >= 4 is 41.2 Å². The van der Waals surface area contributed by atoms with Crippen LogP contribution in [0.3, 0.4) is 0 Å². The highest BCUT2D eigenvalue weighted by Gasteiger charge is 2.44. The standard InChI is InChI=1S/C16H17N3O3S2/c1-16(10-20)19(8-14(22-16)18-13(21)9-23)15-6-5-12(24-15)11-4-2-3-7-17-11/h2-7,10,14,23H,8-9H2,1H3,(H,18,21)/t14-,16?/m1/s1. The van der Waals surface area contributed by atoms with Gasteiger partial charge in [-0.3, -0.25) is 14.6 Å². The zero-order valence-corrected chi connectivity index (χ0v) is 14.7. The van der Waals surface area contributed by atoms with E-state index in [1.54, 1.807) is 13.1 Å². The van der Waals surface area contributed by atoms with Gasteiger partial charge in [-0.05, 0) is 31.2 Å². The second kappa shape index (κ2) is 6.92. The molecular formula is C16H17N3O3S2. The van der Waals surface area contributed by atoms with Crippen LogP contribution in [-0.2, 0) is 14.3 Å². The third-order valence-electron chi connectivity index (χ3n) is 3.72. The SMILES string of the molecule is CC1(C=O)O[C@@H](NC(=O)CS)CN1c1ccc(-c2ccccn2)s1. The maximum Gasteiger partial charge on any atom is 0.231 e. The van der Waals surface area contributed by atoms with Crippen molar-refractivity contribution in [3.8, 4) is 10.6 Å². The molecule has 1 saturated heterocycles. The van der Waals surface area contributed by atoms with Crippen LogP contribution >= 0.6 is 24.0 Å². The lowest BCUT2D eigenvalue weighted by Gasteiger charge is -2.28. The molecule has 0 bridgehead atoms. The number of hydrogen-bond acceptors (Lipinski definition) is 7. The first-order valence-corrected chi connectivity index (χ1v) is 8.84. The van der Waals surface area contributed by atoms with Crippen molar-refractivity contribution in [1.82, 2.24) is 10.3 Å². The van der Waals surface area contributed by atoms with E-state index in [9.17, 15) is 9.59 Å². The third kappa shape index (κ3) is 3.31. The summed E-state index contributed by atoms with van der Waals surface area (Å²) in [6, 6.07) is 9.63. The smallest absolute Gasteiger partial charge is 0.231 e. The Labute approximate surface area is 149 Å². The van der Waals surface area contributed by atoms with Crippen LogP contribution in [0, 0.1) is 0 Å². The molecule has 1 aliphatic rings. The third-order valence-corrected chi connectivity index (χ3v) is 5.14. The maximum atomic E-state index is 11.6. The largest absolute Gasteiger partial charge is 0.328 e. The molecule has 1 amide bonds. The molecule has 3 rings (SSSR count). The van der Waals surface area contributed by atoms with Gasteiger partial charge in [0.15, 0.2) is 18.2 Å². The number of ether oxygens (including phenoxy) is 1. The minimum Gasteiger partial charge on any atom is -0.328 e. The molecular weight excluding hydrogens is 346 g/mol. The summed E-state index contributed by atoms with van der Waals surface area (Å²) in [5.74, 6) is -0.167. The molecule has 2 aromatic heterocycles. The second-order valence-corrected chi connectivity index (χ2v) is 6.85. The number of aldehydes is 1. The molecule has 0 aromatic carbocycles. The molecule has 8 heteroatoms. The van der Waals surface area contributed by atoms with Gasteiger partial charge in [0.25, 0.3) is 0 Å². The van der Waals surface area contributed by atoms with Gasteiger partial charge < -0.3 is 15.0 Å². The first kappa shape index (κ1) is 16.9. The van der Waals surface area contributed by atoms with Crippen LogP contribution < -0.4 is 10.2 Å². The van der Waals surface area contributed by atoms with Crippen molar-refractivity contribution < 1.29 is 14.3 Å². The molecule has 2 aromatic rings. The predicted molar refractivity (Wildman–Crippen MR) is 96.2 cm³/mol. The maximum absolute atomic E-state index is 11.6. The molecule has 1 N–H and O–H groups in total. The van der Waals surface area contributed by atoms with Crippen LogP contribution in [0.25, 0.3) is 10.6 Å². The molecule has 0 aliphatic carbocycles. The fourth-order valence-electron chi connectivity index (χ4n) is 2.56. The molecule has 1 unspecified atom stereocenters. The van der Waals surface area contributed by atoms with E-state index in [0.29, 0.717) is 6.54 Å². The number of carbonyl (C=O) groups is 2. The van der Waals surface area contributed by atoms with Crippen molar-refractivity contribution in [2.75, 3.05) is 17.2 Å². The zero-order chi connectivity index (χ0) is 17.2. The summed E-state index contributed by atoms with van der Waals surface area (Å²) in [6.07, 6.45) is 1.94. The van der Waals surface area contributed by atoms with Gasteiger partial charge in [-0.25, -0.2) is 0 Å². The van der Waals surface area contributed by atoms with E-state index >= 15 is 0 Å². The average molecular weight is 363 g/mol. The van der Waals surface area contributed by atoms with Crippen LogP contribution in [0.4, 0.5) is 5.00 Å². The Hall–Kier alpha value is -1.90. The van der Waals surface area contributed by atoms with Gasteiger partial charge in [-0.1, -0.05) is 6.07 Å². The van der Waals surface area contributed by atoms with Gasteiger partial charge in [-0.2, -0.15) is 12.6 Å². The van der Waals surface area contributed by atoms with Gasteiger partial charge in [0.2, 0.25) is 5.91 Å². The van der Waals surface area contributed by atoms with Gasteiger partial charge in [-0.15, -0.1) is 11.3 Å². The number of amides is 1. The Kier molecular flexibility index (Phi) is 4.88. The van der Waals surface area contributed by atoms with E-state index in [4.69, 9.17) is 4.74 Å².